The quantitative estimate of drug-likeness (QED) is 0.579. The molecule has 1 unspecified atom stereocenters. The number of allylic oxidation sites excluding steroid dienone is 1. The van der Waals surface area contributed by atoms with Crippen molar-refractivity contribution in [3.63, 3.8) is 0 Å². The predicted molar refractivity (Wildman–Crippen MR) is 44.1 cm³/mol. The molecule has 0 aliphatic rings. The average molecular weight is 232 g/mol. The van der Waals surface area contributed by atoms with Crippen molar-refractivity contribution in [2.24, 2.45) is 0 Å². The van der Waals surface area contributed by atoms with Crippen molar-refractivity contribution in [3.05, 3.63) is 19.6 Å². The standard InChI is InChI=1S/C5H10NO.C3H5.Y/c1-3-5(2)6-4-7;1-3-2;/h5H,3H2,1-2H3,(H,6,7);3H,1-2H2;/q2*-1;/i/hT. The summed E-state index contributed by atoms with van der Waals surface area (Å²) in [6.45, 7) is 10.2. The second-order valence-electron chi connectivity index (χ2n) is 1.77. The zero-order valence-corrected chi connectivity index (χ0v) is 10.0. The van der Waals surface area contributed by atoms with Crippen LogP contribution in [-0.2, 0) is 37.5 Å². The zero-order valence-electron chi connectivity index (χ0n) is 8.21. The van der Waals surface area contributed by atoms with Gasteiger partial charge in [-0.25, -0.2) is 19.6 Å². The molecule has 0 bridgehead atoms. The first-order chi connectivity index (χ1) is 5.13. The Morgan fingerprint density at radius 3 is 2.45 bits per heavy atom. The van der Waals surface area contributed by atoms with E-state index in [1.165, 1.54) is 12.5 Å². The van der Waals surface area contributed by atoms with Crippen LogP contribution in [0.4, 0.5) is 0 Å². The van der Waals surface area contributed by atoms with Gasteiger partial charge in [0.2, 0.25) is 0 Å². The van der Waals surface area contributed by atoms with E-state index in [2.05, 4.69) is 13.5 Å². The summed E-state index contributed by atoms with van der Waals surface area (Å²) >= 11 is 0. The summed E-state index contributed by atoms with van der Waals surface area (Å²) in [5, 5.41) is 0.792. The third-order valence-electron chi connectivity index (χ3n) is 0.864. The SMILES string of the molecule is C=C[CH2-].[3H]N([C-]=O)C(C)CC.[Y]. The fourth-order valence-electron chi connectivity index (χ4n) is 0.181. The van der Waals surface area contributed by atoms with Gasteiger partial charge in [-0.05, 0) is 19.4 Å². The molecule has 0 aliphatic carbocycles. The molecule has 3 heteroatoms. The maximum absolute atomic E-state index is 9.72. The zero-order chi connectivity index (χ0) is 9.28. The van der Waals surface area contributed by atoms with E-state index >= 15 is 0 Å². The van der Waals surface area contributed by atoms with Crippen LogP contribution in [0.2, 0.25) is 1.41 Å². The Bertz CT molecular complexity index is 111. The molecule has 0 aromatic rings. The number of nitrogens with one attached hydrogen (secondary N) is 1. The Morgan fingerprint density at radius 2 is 2.36 bits per heavy atom. The third-order valence-corrected chi connectivity index (χ3v) is 0.864. The maximum Gasteiger partial charge on any atom is 0.121 e. The van der Waals surface area contributed by atoms with E-state index in [1.54, 1.807) is 6.92 Å². The van der Waals surface area contributed by atoms with Crippen LogP contribution in [0, 0.1) is 6.92 Å². The molecule has 1 amide bonds. The molecule has 0 aromatic carbocycles. The van der Waals surface area contributed by atoms with Crippen molar-refractivity contribution < 1.29 is 38.9 Å². The summed E-state index contributed by atoms with van der Waals surface area (Å²) < 4.78 is 6.84. The fourth-order valence-corrected chi connectivity index (χ4v) is 0.181. The molecular weight excluding hydrogens is 215 g/mol. The molecule has 0 heterocycles. The Morgan fingerprint density at radius 1 is 2.00 bits per heavy atom. The van der Waals surface area contributed by atoms with Crippen molar-refractivity contribution >= 4 is 6.41 Å². The van der Waals surface area contributed by atoms with E-state index in [1.807, 2.05) is 6.92 Å². The van der Waals surface area contributed by atoms with Gasteiger partial charge < -0.3 is 10.1 Å². The molecule has 0 saturated heterocycles. The van der Waals surface area contributed by atoms with Crippen molar-refractivity contribution in [1.82, 2.24) is 5.31 Å². The van der Waals surface area contributed by atoms with Crippen LogP contribution >= 0.6 is 0 Å². The Labute approximate surface area is 96.2 Å². The number of hydrogen-bond donors (Lipinski definition) is 1. The summed E-state index contributed by atoms with van der Waals surface area (Å²) in [5.41, 5.74) is 0. The van der Waals surface area contributed by atoms with Crippen LogP contribution in [-0.4, -0.2) is 12.5 Å². The topological polar surface area (TPSA) is 29.1 Å². The minimum atomic E-state index is -0.00694. The molecular formula is C8H15NOY-2. The van der Waals surface area contributed by atoms with E-state index in [9.17, 15) is 4.79 Å². The van der Waals surface area contributed by atoms with Gasteiger partial charge in [-0.15, -0.1) is 0 Å². The minimum absolute atomic E-state index is 0. The molecule has 1 radical (unpaired) electrons. The molecule has 0 spiro atoms. The van der Waals surface area contributed by atoms with Crippen molar-refractivity contribution in [3.8, 4) is 0 Å². The molecule has 11 heavy (non-hydrogen) atoms. The molecule has 1 atom stereocenters. The smallest absolute Gasteiger partial charge is 0.121 e. The van der Waals surface area contributed by atoms with Crippen LogP contribution in [0.25, 0.3) is 0 Å². The molecule has 2 nitrogen and oxygen atoms in total. The second-order valence-corrected chi connectivity index (χ2v) is 1.77. The van der Waals surface area contributed by atoms with Gasteiger partial charge in [0.05, 0.1) is 0 Å². The van der Waals surface area contributed by atoms with Gasteiger partial charge in [0.15, 0.2) is 0 Å². The van der Waals surface area contributed by atoms with Crippen molar-refractivity contribution in [2.45, 2.75) is 26.3 Å². The van der Waals surface area contributed by atoms with Crippen LogP contribution in [0.5, 0.6) is 0 Å². The molecule has 63 valence electrons. The Balaban J connectivity index is -0.000000177. The van der Waals surface area contributed by atoms with E-state index in [-0.39, 0.29) is 38.8 Å². The number of carbonyl (C=O) groups excluding carboxylic acids is 1. The number of rotatable bonds is 3. The van der Waals surface area contributed by atoms with Crippen LogP contribution in [0.1, 0.15) is 20.3 Å². The van der Waals surface area contributed by atoms with Crippen LogP contribution in [0.15, 0.2) is 12.7 Å². The van der Waals surface area contributed by atoms with Gasteiger partial charge in [-0.3, -0.25) is 0 Å². The molecule has 0 saturated carbocycles. The van der Waals surface area contributed by atoms with Gasteiger partial charge in [-0.2, -0.15) is 6.41 Å². The van der Waals surface area contributed by atoms with Gasteiger partial charge in [0, 0.05) is 32.7 Å². The third kappa shape index (κ3) is 25.4. The Kier molecular flexibility index (Phi) is 20.8. The molecule has 1 N–H and O–H groups in total. The number of hydrogen-bond acceptors (Lipinski definition) is 1. The normalized spacial score (nSPS) is 10.5. The predicted octanol–water partition coefficient (Wildman–Crippen LogP) is 1.45. The first-order valence-corrected chi connectivity index (χ1v) is 3.20. The number of amides is 1. The van der Waals surface area contributed by atoms with Gasteiger partial charge in [0.25, 0.3) is 0 Å². The van der Waals surface area contributed by atoms with Gasteiger partial charge in [0.1, 0.15) is 1.41 Å². The average Bonchev–Trinajstić information content (AvgIpc) is 2.03. The first kappa shape index (κ1) is 13.8. The van der Waals surface area contributed by atoms with Gasteiger partial charge in [-0.1, -0.05) is 6.92 Å². The maximum atomic E-state index is 9.72. The summed E-state index contributed by atoms with van der Waals surface area (Å²) in [6, 6.07) is -0.00694. The summed E-state index contributed by atoms with van der Waals surface area (Å²) in [5.74, 6) is 0. The van der Waals surface area contributed by atoms with Crippen LogP contribution in [0.3, 0.4) is 0 Å². The fraction of sp³-hybridized carbons (Fsp3) is 0.500. The molecule has 0 aliphatic heterocycles. The van der Waals surface area contributed by atoms with Crippen molar-refractivity contribution in [2.75, 3.05) is 0 Å². The molecule has 0 aromatic heterocycles. The van der Waals surface area contributed by atoms with Crippen molar-refractivity contribution in [1.29, 1.82) is 0 Å². The van der Waals surface area contributed by atoms with E-state index in [4.69, 9.17) is 1.41 Å². The van der Waals surface area contributed by atoms with Gasteiger partial charge >= 0.3 is 0 Å². The van der Waals surface area contributed by atoms with E-state index in [0.29, 0.717) is 0 Å². The second kappa shape index (κ2) is 16.6. The monoisotopic (exact) mass is 232 g/mol. The minimum Gasteiger partial charge on any atom is -0.528 e. The molecule has 0 fully saturated rings. The summed E-state index contributed by atoms with van der Waals surface area (Å²) in [6.07, 6.45) is 3.77. The van der Waals surface area contributed by atoms with Crippen LogP contribution < -0.4 is 5.31 Å². The Hall–Kier alpha value is 0.184. The summed E-state index contributed by atoms with van der Waals surface area (Å²) in [4.78, 5) is 9.72. The summed E-state index contributed by atoms with van der Waals surface area (Å²) in [7, 11) is 0. The van der Waals surface area contributed by atoms with E-state index < -0.39 is 0 Å². The largest absolute Gasteiger partial charge is 0.528 e. The molecule has 0 rings (SSSR count). The first-order valence-electron chi connectivity index (χ1n) is 3.64. The van der Waals surface area contributed by atoms with E-state index in [0.717, 1.165) is 11.7 Å².